The second kappa shape index (κ2) is 4.19. The lowest BCUT2D eigenvalue weighted by Gasteiger charge is -2.41. The number of piperidine rings is 1. The van der Waals surface area contributed by atoms with Crippen molar-refractivity contribution in [3.8, 4) is 0 Å². The van der Waals surface area contributed by atoms with Crippen LogP contribution in [0.15, 0.2) is 11.6 Å². The number of aliphatic hydroxyl groups excluding tert-OH is 1. The lowest BCUT2D eigenvalue weighted by Crippen LogP contribution is -2.50. The molecule has 3 atom stereocenters. The third kappa shape index (κ3) is 2.05. The molecule has 1 aromatic heterocycles. The molecule has 0 bridgehead atoms. The molecular weight excluding hydrogens is 232 g/mol. The lowest BCUT2D eigenvalue weighted by molar-refractivity contribution is 0.0861. The van der Waals surface area contributed by atoms with Gasteiger partial charge < -0.3 is 10.4 Å². The SMILES string of the molecule is CC1([C@@H]2CC(O)CCN2)C=Cc2scnc2C1. The zero-order valence-corrected chi connectivity index (χ0v) is 10.8. The Bertz CT molecular complexity index is 442. The summed E-state index contributed by atoms with van der Waals surface area (Å²) >= 11 is 1.71. The summed E-state index contributed by atoms with van der Waals surface area (Å²) < 4.78 is 0. The Morgan fingerprint density at radius 1 is 1.59 bits per heavy atom. The maximum absolute atomic E-state index is 9.80. The van der Waals surface area contributed by atoms with Crippen LogP contribution in [0, 0.1) is 5.41 Å². The summed E-state index contributed by atoms with van der Waals surface area (Å²) in [4.78, 5) is 5.73. The van der Waals surface area contributed by atoms with Crippen LogP contribution in [0.5, 0.6) is 0 Å². The number of aromatic nitrogens is 1. The molecule has 1 saturated heterocycles. The fraction of sp³-hybridized carbons (Fsp3) is 0.615. The molecule has 0 amide bonds. The minimum absolute atomic E-state index is 0.0858. The topological polar surface area (TPSA) is 45.1 Å². The van der Waals surface area contributed by atoms with Gasteiger partial charge in [-0.05, 0) is 25.5 Å². The highest BCUT2D eigenvalue weighted by Gasteiger charge is 2.37. The number of nitrogens with one attached hydrogen (secondary N) is 1. The van der Waals surface area contributed by atoms with Crippen LogP contribution in [0.2, 0.25) is 0 Å². The highest BCUT2D eigenvalue weighted by Crippen LogP contribution is 2.38. The predicted octanol–water partition coefficient (Wildman–Crippen LogP) is 1.83. The van der Waals surface area contributed by atoms with E-state index in [0.717, 1.165) is 25.8 Å². The number of rotatable bonds is 1. The van der Waals surface area contributed by atoms with Crippen LogP contribution in [-0.4, -0.2) is 28.8 Å². The summed E-state index contributed by atoms with van der Waals surface area (Å²) in [6, 6.07) is 0.359. The Balaban J connectivity index is 1.83. The molecule has 4 heteroatoms. The third-order valence-corrected chi connectivity index (χ3v) is 4.85. The van der Waals surface area contributed by atoms with Crippen LogP contribution in [0.4, 0.5) is 0 Å². The Morgan fingerprint density at radius 3 is 3.29 bits per heavy atom. The highest BCUT2D eigenvalue weighted by molar-refractivity contribution is 7.10. The molecule has 2 N–H and O–H groups in total. The molecule has 1 fully saturated rings. The summed E-state index contributed by atoms with van der Waals surface area (Å²) in [5.74, 6) is 0. The first-order valence-electron chi connectivity index (χ1n) is 6.20. The highest BCUT2D eigenvalue weighted by atomic mass is 32.1. The molecule has 3 nitrogen and oxygen atoms in total. The van der Waals surface area contributed by atoms with Crippen LogP contribution in [0.25, 0.3) is 6.08 Å². The number of nitrogens with zero attached hydrogens (tertiary/aromatic N) is 1. The normalized spacial score (nSPS) is 36.8. The molecule has 1 aliphatic carbocycles. The number of thiazole rings is 1. The molecule has 3 rings (SSSR count). The van der Waals surface area contributed by atoms with Crippen LogP contribution < -0.4 is 5.32 Å². The summed E-state index contributed by atoms with van der Waals surface area (Å²) in [5, 5.41) is 13.3. The summed E-state index contributed by atoms with van der Waals surface area (Å²) in [6.45, 7) is 3.18. The fourth-order valence-electron chi connectivity index (χ4n) is 2.87. The van der Waals surface area contributed by atoms with Gasteiger partial charge in [0.1, 0.15) is 0 Å². The predicted molar refractivity (Wildman–Crippen MR) is 70.0 cm³/mol. The quantitative estimate of drug-likeness (QED) is 0.799. The average molecular weight is 250 g/mol. The van der Waals surface area contributed by atoms with E-state index in [0.29, 0.717) is 6.04 Å². The van der Waals surface area contributed by atoms with Crippen molar-refractivity contribution in [2.24, 2.45) is 5.41 Å². The van der Waals surface area contributed by atoms with Gasteiger partial charge in [-0.25, -0.2) is 4.98 Å². The molecule has 0 radical (unpaired) electrons. The van der Waals surface area contributed by atoms with E-state index in [1.54, 1.807) is 11.3 Å². The van der Waals surface area contributed by atoms with Crippen molar-refractivity contribution in [2.75, 3.05) is 6.54 Å². The van der Waals surface area contributed by atoms with Crippen LogP contribution >= 0.6 is 11.3 Å². The van der Waals surface area contributed by atoms with Crippen LogP contribution in [0.3, 0.4) is 0 Å². The van der Waals surface area contributed by atoms with Gasteiger partial charge >= 0.3 is 0 Å². The number of hydrogen-bond donors (Lipinski definition) is 2. The van der Waals surface area contributed by atoms with E-state index >= 15 is 0 Å². The van der Waals surface area contributed by atoms with E-state index in [9.17, 15) is 5.11 Å². The van der Waals surface area contributed by atoms with Gasteiger partial charge in [0.05, 0.1) is 17.3 Å². The maximum Gasteiger partial charge on any atom is 0.0801 e. The van der Waals surface area contributed by atoms with Crippen molar-refractivity contribution in [3.05, 3.63) is 22.2 Å². The van der Waals surface area contributed by atoms with Gasteiger partial charge in [-0.2, -0.15) is 0 Å². The van der Waals surface area contributed by atoms with E-state index in [1.807, 2.05) is 5.51 Å². The van der Waals surface area contributed by atoms with Gasteiger partial charge in [0.15, 0.2) is 0 Å². The lowest BCUT2D eigenvalue weighted by atomic mass is 9.72. The van der Waals surface area contributed by atoms with E-state index in [1.165, 1.54) is 10.6 Å². The first-order valence-corrected chi connectivity index (χ1v) is 7.08. The minimum Gasteiger partial charge on any atom is -0.393 e. The van der Waals surface area contributed by atoms with Gasteiger partial charge in [0, 0.05) is 22.8 Å². The third-order valence-electron chi connectivity index (χ3n) is 4.01. The standard InChI is InChI=1S/C13H18N2OS/c1-13(12-6-9(16)3-5-14-12)4-2-11-10(7-13)15-8-17-11/h2,4,8-9,12,14,16H,3,5-7H2,1H3/t9?,12-,13?/m0/s1. The molecule has 2 unspecified atom stereocenters. The van der Waals surface area contributed by atoms with Crippen molar-refractivity contribution >= 4 is 17.4 Å². The van der Waals surface area contributed by atoms with E-state index in [-0.39, 0.29) is 11.5 Å². The van der Waals surface area contributed by atoms with E-state index in [4.69, 9.17) is 0 Å². The molecule has 0 saturated carbocycles. The second-order valence-electron chi connectivity index (χ2n) is 5.36. The monoisotopic (exact) mass is 250 g/mol. The molecule has 0 aromatic carbocycles. The van der Waals surface area contributed by atoms with Crippen LogP contribution in [-0.2, 0) is 6.42 Å². The average Bonchev–Trinajstić information content (AvgIpc) is 2.76. The summed E-state index contributed by atoms with van der Waals surface area (Å²) in [5.41, 5.74) is 3.22. The molecule has 0 spiro atoms. The van der Waals surface area contributed by atoms with Crippen LogP contribution in [0.1, 0.15) is 30.3 Å². The van der Waals surface area contributed by atoms with Crippen molar-refractivity contribution in [3.63, 3.8) is 0 Å². The molecule has 1 aromatic rings. The van der Waals surface area contributed by atoms with E-state index < -0.39 is 0 Å². The Labute approximate surface area is 106 Å². The van der Waals surface area contributed by atoms with Gasteiger partial charge in [-0.3, -0.25) is 0 Å². The van der Waals surface area contributed by atoms with E-state index in [2.05, 4.69) is 29.4 Å². The fourth-order valence-corrected chi connectivity index (χ4v) is 3.57. The second-order valence-corrected chi connectivity index (χ2v) is 6.25. The zero-order chi connectivity index (χ0) is 11.9. The van der Waals surface area contributed by atoms with Gasteiger partial charge in [0.2, 0.25) is 0 Å². The molecule has 2 aliphatic rings. The van der Waals surface area contributed by atoms with Gasteiger partial charge in [-0.15, -0.1) is 11.3 Å². The number of hydrogen-bond acceptors (Lipinski definition) is 4. The Hall–Kier alpha value is -0.710. The van der Waals surface area contributed by atoms with Crippen molar-refractivity contribution in [1.29, 1.82) is 0 Å². The number of aliphatic hydroxyl groups is 1. The summed E-state index contributed by atoms with van der Waals surface area (Å²) in [6.07, 6.45) is 7.04. The van der Waals surface area contributed by atoms with Crippen molar-refractivity contribution < 1.29 is 5.11 Å². The number of fused-ring (bicyclic) bond motifs is 1. The summed E-state index contributed by atoms with van der Waals surface area (Å²) in [7, 11) is 0. The Kier molecular flexibility index (Phi) is 2.81. The molecule has 17 heavy (non-hydrogen) atoms. The molecule has 92 valence electrons. The van der Waals surface area contributed by atoms with Gasteiger partial charge in [0.25, 0.3) is 0 Å². The Morgan fingerprint density at radius 2 is 2.47 bits per heavy atom. The van der Waals surface area contributed by atoms with Gasteiger partial charge in [-0.1, -0.05) is 13.0 Å². The first kappa shape index (κ1) is 11.4. The van der Waals surface area contributed by atoms with Crippen molar-refractivity contribution in [1.82, 2.24) is 10.3 Å². The smallest absolute Gasteiger partial charge is 0.0801 e. The molecule has 1 aliphatic heterocycles. The largest absolute Gasteiger partial charge is 0.393 e. The molecule has 2 heterocycles. The first-order chi connectivity index (χ1) is 8.17. The maximum atomic E-state index is 9.80. The zero-order valence-electron chi connectivity index (χ0n) is 10.0. The minimum atomic E-state index is -0.150. The molecular formula is C13H18N2OS. The van der Waals surface area contributed by atoms with Crippen molar-refractivity contribution in [2.45, 2.75) is 38.3 Å².